The maximum absolute atomic E-state index is 2.57. The average Bonchev–Trinajstić information content (AvgIpc) is 3.17. The first kappa shape index (κ1) is 16.4. The van der Waals surface area contributed by atoms with Crippen molar-refractivity contribution in [1.82, 2.24) is 4.57 Å². The summed E-state index contributed by atoms with van der Waals surface area (Å²) in [5.74, 6) is 0. The molecule has 0 bridgehead atoms. The minimum atomic E-state index is -1.53. The van der Waals surface area contributed by atoms with Crippen molar-refractivity contribution in [2.75, 3.05) is 0 Å². The van der Waals surface area contributed by atoms with Gasteiger partial charge >= 0.3 is 0 Å². The molecule has 2 heteroatoms. The molecule has 0 saturated carbocycles. The second-order valence-electron chi connectivity index (χ2n) is 8.89. The molecule has 138 valence electrons. The van der Waals surface area contributed by atoms with Gasteiger partial charge in [-0.2, -0.15) is 0 Å². The van der Waals surface area contributed by atoms with Crippen LogP contribution in [0.15, 0.2) is 71.9 Å². The first-order valence-electron chi connectivity index (χ1n) is 10.5. The lowest BCUT2D eigenvalue weighted by atomic mass is 9.93. The van der Waals surface area contributed by atoms with Gasteiger partial charge < -0.3 is 4.57 Å². The van der Waals surface area contributed by atoms with Gasteiger partial charge in [-0.1, -0.05) is 60.8 Å². The van der Waals surface area contributed by atoms with Crippen molar-refractivity contribution < 1.29 is 0 Å². The van der Waals surface area contributed by atoms with Gasteiger partial charge in [0.2, 0.25) is 0 Å². The van der Waals surface area contributed by atoms with Gasteiger partial charge in [-0.05, 0) is 66.3 Å². The number of nitrogens with zero attached hydrogens (tertiary/aromatic N) is 1. The van der Waals surface area contributed by atoms with E-state index in [-0.39, 0.29) is 0 Å². The lowest BCUT2D eigenvalue weighted by Crippen LogP contribution is -2.41. The Kier molecular flexibility index (Phi) is 3.34. The van der Waals surface area contributed by atoms with E-state index in [1.54, 1.807) is 16.3 Å². The third-order valence-electron chi connectivity index (χ3n) is 7.05. The van der Waals surface area contributed by atoms with Gasteiger partial charge in [0.25, 0.3) is 0 Å². The number of hydrogen-bond donors (Lipinski definition) is 0. The summed E-state index contributed by atoms with van der Waals surface area (Å²) in [6.45, 7) is 5.14. The predicted octanol–water partition coefficient (Wildman–Crippen LogP) is 6.58. The Bertz CT molecular complexity index is 1270. The van der Waals surface area contributed by atoms with Crippen LogP contribution in [0.25, 0.3) is 33.1 Å². The average molecular weight is 380 g/mol. The summed E-state index contributed by atoms with van der Waals surface area (Å²) < 4.78 is 2.46. The van der Waals surface area contributed by atoms with Crippen LogP contribution in [0.3, 0.4) is 0 Å². The number of fused-ring (bicyclic) bond motifs is 5. The molecule has 0 radical (unpaired) electrons. The van der Waals surface area contributed by atoms with Crippen molar-refractivity contribution in [1.29, 1.82) is 0 Å². The fourth-order valence-corrected chi connectivity index (χ4v) is 9.23. The van der Waals surface area contributed by atoms with E-state index in [9.17, 15) is 0 Å². The maximum atomic E-state index is 2.57. The Morgan fingerprint density at radius 1 is 0.750 bits per heavy atom. The first-order valence-corrected chi connectivity index (χ1v) is 13.5. The van der Waals surface area contributed by atoms with Crippen LogP contribution < -0.4 is 5.19 Å². The maximum Gasteiger partial charge on any atom is 0.108 e. The zero-order valence-corrected chi connectivity index (χ0v) is 17.6. The van der Waals surface area contributed by atoms with Gasteiger partial charge in [-0.25, -0.2) is 0 Å². The predicted molar refractivity (Wildman–Crippen MR) is 123 cm³/mol. The Hall–Kier alpha value is -2.58. The van der Waals surface area contributed by atoms with Crippen molar-refractivity contribution in [2.24, 2.45) is 0 Å². The van der Waals surface area contributed by atoms with E-state index in [0.29, 0.717) is 0 Å². The van der Waals surface area contributed by atoms with Crippen LogP contribution >= 0.6 is 0 Å². The van der Waals surface area contributed by atoms with Gasteiger partial charge in [0.05, 0.1) is 11.0 Å². The van der Waals surface area contributed by atoms with Crippen molar-refractivity contribution in [3.63, 3.8) is 0 Å². The summed E-state index contributed by atoms with van der Waals surface area (Å²) >= 11 is 0. The van der Waals surface area contributed by atoms with Crippen LogP contribution in [0.2, 0.25) is 13.1 Å². The van der Waals surface area contributed by atoms with E-state index in [4.69, 9.17) is 0 Å². The molecule has 2 aliphatic rings. The smallest absolute Gasteiger partial charge is 0.108 e. The third-order valence-corrected chi connectivity index (χ3v) is 10.9. The van der Waals surface area contributed by atoms with Gasteiger partial charge in [0.1, 0.15) is 8.07 Å². The molecule has 1 nitrogen and oxygen atoms in total. The molecule has 0 atom stereocenters. The van der Waals surface area contributed by atoms with Crippen molar-refractivity contribution in [3.8, 4) is 5.69 Å². The van der Waals surface area contributed by atoms with Crippen LogP contribution in [0, 0.1) is 0 Å². The Labute approximate surface area is 167 Å². The lowest BCUT2D eigenvalue weighted by molar-refractivity contribution is 0.733. The van der Waals surface area contributed by atoms with E-state index < -0.39 is 8.07 Å². The molecule has 2 heterocycles. The van der Waals surface area contributed by atoms with Gasteiger partial charge in [0, 0.05) is 16.5 Å². The van der Waals surface area contributed by atoms with E-state index in [2.05, 4.69) is 84.4 Å². The van der Waals surface area contributed by atoms with Crippen molar-refractivity contribution in [2.45, 2.75) is 38.8 Å². The number of allylic oxidation sites excluding steroid dienone is 2. The van der Waals surface area contributed by atoms with Crippen LogP contribution in [-0.4, -0.2) is 12.6 Å². The highest BCUT2D eigenvalue weighted by Gasteiger charge is 2.40. The van der Waals surface area contributed by atoms with Crippen LogP contribution in [0.1, 0.15) is 31.2 Å². The fourth-order valence-electron chi connectivity index (χ4n) is 5.69. The largest absolute Gasteiger partial charge is 0.309 e. The van der Waals surface area contributed by atoms with Crippen LogP contribution in [-0.2, 0) is 0 Å². The van der Waals surface area contributed by atoms with Crippen molar-refractivity contribution >= 4 is 40.6 Å². The normalized spacial score (nSPS) is 17.9. The molecule has 4 aromatic rings. The third kappa shape index (κ3) is 2.07. The summed E-state index contributed by atoms with van der Waals surface area (Å²) in [5, 5.41) is 6.29. The molecule has 0 N–H and O–H groups in total. The SMILES string of the molecule is C[Si]1(C)C2=C(CCCC2)c2cc3c(cc21)c1ccccc1n3-c1ccccc1. The molecule has 0 spiro atoms. The Balaban J connectivity index is 1.75. The topological polar surface area (TPSA) is 4.93 Å². The Morgan fingerprint density at radius 3 is 2.36 bits per heavy atom. The van der Waals surface area contributed by atoms with Gasteiger partial charge in [-0.3, -0.25) is 0 Å². The van der Waals surface area contributed by atoms with Crippen molar-refractivity contribution in [3.05, 3.63) is 77.5 Å². The highest BCUT2D eigenvalue weighted by atomic mass is 28.3. The molecule has 1 aliphatic heterocycles. The number of para-hydroxylation sites is 2. The first-order chi connectivity index (χ1) is 13.7. The minimum absolute atomic E-state index is 1.25. The minimum Gasteiger partial charge on any atom is -0.309 e. The highest BCUT2D eigenvalue weighted by molar-refractivity contribution is 6.98. The summed E-state index contributed by atoms with van der Waals surface area (Å²) in [7, 11) is -1.53. The molecular weight excluding hydrogens is 354 g/mol. The molecule has 3 aromatic carbocycles. The zero-order chi connectivity index (χ0) is 18.9. The number of benzene rings is 3. The fraction of sp³-hybridized carbons (Fsp3) is 0.231. The number of rotatable bonds is 1. The van der Waals surface area contributed by atoms with E-state index >= 15 is 0 Å². The number of hydrogen-bond acceptors (Lipinski definition) is 0. The van der Waals surface area contributed by atoms with E-state index in [1.807, 2.05) is 5.20 Å². The van der Waals surface area contributed by atoms with Gasteiger partial charge in [-0.15, -0.1) is 0 Å². The van der Waals surface area contributed by atoms with E-state index in [1.165, 1.54) is 53.2 Å². The second kappa shape index (κ2) is 5.71. The van der Waals surface area contributed by atoms with E-state index in [0.717, 1.165) is 0 Å². The summed E-state index contributed by atoms with van der Waals surface area (Å²) in [5.41, 5.74) is 7.18. The summed E-state index contributed by atoms with van der Waals surface area (Å²) in [6.07, 6.45) is 5.33. The summed E-state index contributed by atoms with van der Waals surface area (Å²) in [4.78, 5) is 0. The molecule has 0 unspecified atom stereocenters. The molecule has 0 amide bonds. The molecule has 0 saturated heterocycles. The standard InChI is InChI=1S/C26H25NSi/c1-28(2)25-15-9-7-13-20(25)22-16-24-21(17-26(22)28)19-12-6-8-14-23(19)27(24)18-10-4-3-5-11-18/h3-6,8,10-12,14,16-17H,7,9,13,15H2,1-2H3. The molecule has 6 rings (SSSR count). The lowest BCUT2D eigenvalue weighted by Gasteiger charge is -2.24. The van der Waals surface area contributed by atoms with Crippen LogP contribution in [0.4, 0.5) is 0 Å². The number of aromatic nitrogens is 1. The molecule has 1 aliphatic carbocycles. The van der Waals surface area contributed by atoms with Crippen LogP contribution in [0.5, 0.6) is 0 Å². The monoisotopic (exact) mass is 379 g/mol. The highest BCUT2D eigenvalue weighted by Crippen LogP contribution is 2.44. The summed E-state index contributed by atoms with van der Waals surface area (Å²) in [6, 6.07) is 24.8. The molecule has 1 aromatic heterocycles. The molecule has 28 heavy (non-hydrogen) atoms. The second-order valence-corrected chi connectivity index (χ2v) is 13.3. The van der Waals surface area contributed by atoms with Gasteiger partial charge in [0.15, 0.2) is 0 Å². The molecule has 0 fully saturated rings. The Morgan fingerprint density at radius 2 is 1.50 bits per heavy atom. The quantitative estimate of drug-likeness (QED) is 0.329. The molecular formula is C26H25NSi. The zero-order valence-electron chi connectivity index (χ0n) is 16.6.